The van der Waals surface area contributed by atoms with E-state index in [9.17, 15) is 9.59 Å². The maximum absolute atomic E-state index is 12.6. The summed E-state index contributed by atoms with van der Waals surface area (Å²) in [5.74, 6) is 0.904. The zero-order chi connectivity index (χ0) is 18.8. The normalized spacial score (nSPS) is 36.9. The fourth-order valence-electron chi connectivity index (χ4n) is 4.39. The average molecular weight is 496 g/mol. The lowest BCUT2D eigenvalue weighted by Gasteiger charge is -2.36. The Morgan fingerprint density at radius 2 is 1.85 bits per heavy atom. The van der Waals surface area contributed by atoms with E-state index in [0.717, 1.165) is 39.0 Å². The van der Waals surface area contributed by atoms with Crippen molar-refractivity contribution in [3.63, 3.8) is 0 Å². The van der Waals surface area contributed by atoms with E-state index in [1.54, 1.807) is 7.11 Å². The molecule has 0 aromatic carbocycles. The number of carbonyl (C=O) groups is 2. The van der Waals surface area contributed by atoms with Gasteiger partial charge in [0.25, 0.3) is 0 Å². The Kier molecular flexibility index (Phi) is 6.85. The molecule has 2 aliphatic heterocycles. The summed E-state index contributed by atoms with van der Waals surface area (Å²) in [7, 11) is 1.70. The molecule has 2 amide bonds. The number of carbonyl (C=O) groups excluding carboxylic acids is 2. The van der Waals surface area contributed by atoms with Crippen molar-refractivity contribution in [2.24, 2.45) is 11.8 Å². The minimum atomic E-state index is -0.00667. The monoisotopic (exact) mass is 495 g/mol. The SMILES string of the molecule is C=CC(=O)N1CC2CN(C(=O)CNC3CC(I)C(Cl)CC3OC)CC2C1. The van der Waals surface area contributed by atoms with E-state index in [-0.39, 0.29) is 29.3 Å². The molecule has 0 spiro atoms. The van der Waals surface area contributed by atoms with Crippen LogP contribution in [-0.4, -0.2) is 82.9 Å². The van der Waals surface area contributed by atoms with Crippen molar-refractivity contribution in [1.29, 1.82) is 0 Å². The number of rotatable bonds is 5. The van der Waals surface area contributed by atoms with Gasteiger partial charge in [-0.3, -0.25) is 9.59 Å². The van der Waals surface area contributed by atoms with Crippen LogP contribution in [0.25, 0.3) is 0 Å². The van der Waals surface area contributed by atoms with Gasteiger partial charge in [0.1, 0.15) is 0 Å². The lowest BCUT2D eigenvalue weighted by Crippen LogP contribution is -2.52. The second-order valence-electron chi connectivity index (χ2n) is 7.53. The topological polar surface area (TPSA) is 61.9 Å². The third kappa shape index (κ3) is 4.36. The number of hydrogen-bond acceptors (Lipinski definition) is 4. The molecule has 1 aliphatic carbocycles. The Bertz CT molecular complexity index is 550. The third-order valence-corrected chi connectivity index (χ3v) is 8.21. The molecule has 6 atom stereocenters. The molecular weight excluding hydrogens is 469 g/mol. The van der Waals surface area contributed by atoms with Gasteiger partial charge in [-0.1, -0.05) is 29.2 Å². The highest BCUT2D eigenvalue weighted by Crippen LogP contribution is 2.32. The van der Waals surface area contributed by atoms with Crippen LogP contribution in [0.15, 0.2) is 12.7 Å². The molecule has 6 unspecified atom stereocenters. The van der Waals surface area contributed by atoms with E-state index in [4.69, 9.17) is 16.3 Å². The number of likely N-dealkylation sites (tertiary alicyclic amines) is 2. The molecule has 0 bridgehead atoms. The fourth-order valence-corrected chi connectivity index (χ4v) is 5.51. The molecule has 1 saturated carbocycles. The molecule has 1 N–H and O–H groups in total. The van der Waals surface area contributed by atoms with Gasteiger partial charge in [-0.05, 0) is 18.9 Å². The first kappa shape index (κ1) is 20.4. The molecule has 3 rings (SSSR count). The van der Waals surface area contributed by atoms with Crippen molar-refractivity contribution in [3.05, 3.63) is 12.7 Å². The van der Waals surface area contributed by atoms with Crippen LogP contribution in [0.3, 0.4) is 0 Å². The first-order valence-electron chi connectivity index (χ1n) is 9.16. The van der Waals surface area contributed by atoms with Crippen molar-refractivity contribution in [3.8, 4) is 0 Å². The molecule has 0 aromatic rings. The largest absolute Gasteiger partial charge is 0.380 e. The Morgan fingerprint density at radius 3 is 2.42 bits per heavy atom. The van der Waals surface area contributed by atoms with Crippen LogP contribution in [0, 0.1) is 11.8 Å². The fraction of sp³-hybridized carbons (Fsp3) is 0.778. The molecule has 3 fully saturated rings. The van der Waals surface area contributed by atoms with Gasteiger partial charge in [-0.25, -0.2) is 0 Å². The molecule has 0 aromatic heterocycles. The first-order chi connectivity index (χ1) is 12.4. The van der Waals surface area contributed by atoms with E-state index in [1.165, 1.54) is 6.08 Å². The summed E-state index contributed by atoms with van der Waals surface area (Å²) in [5.41, 5.74) is 0. The van der Waals surface area contributed by atoms with Gasteiger partial charge in [0.2, 0.25) is 11.8 Å². The van der Waals surface area contributed by atoms with E-state index in [1.807, 2.05) is 9.80 Å². The van der Waals surface area contributed by atoms with Crippen LogP contribution in [-0.2, 0) is 14.3 Å². The Labute approximate surface area is 173 Å². The van der Waals surface area contributed by atoms with E-state index in [2.05, 4.69) is 34.5 Å². The van der Waals surface area contributed by atoms with Gasteiger partial charge < -0.3 is 19.9 Å². The summed E-state index contributed by atoms with van der Waals surface area (Å²) in [6.07, 6.45) is 3.13. The van der Waals surface area contributed by atoms with Gasteiger partial charge >= 0.3 is 0 Å². The van der Waals surface area contributed by atoms with Crippen LogP contribution in [0.5, 0.6) is 0 Å². The van der Waals surface area contributed by atoms with Crippen molar-refractivity contribution in [1.82, 2.24) is 15.1 Å². The highest BCUT2D eigenvalue weighted by atomic mass is 127. The summed E-state index contributed by atoms with van der Waals surface area (Å²) >= 11 is 8.73. The van der Waals surface area contributed by atoms with Crippen LogP contribution < -0.4 is 5.32 Å². The van der Waals surface area contributed by atoms with Crippen LogP contribution in [0.1, 0.15) is 12.8 Å². The summed E-state index contributed by atoms with van der Waals surface area (Å²) in [4.78, 5) is 28.2. The van der Waals surface area contributed by atoms with Crippen LogP contribution in [0.4, 0.5) is 0 Å². The molecular formula is C18H27ClIN3O3. The quantitative estimate of drug-likeness (QED) is 0.355. The number of fused-ring (bicyclic) bond motifs is 1. The number of halogens is 2. The third-order valence-electron chi connectivity index (χ3n) is 5.92. The van der Waals surface area contributed by atoms with Crippen LogP contribution >= 0.6 is 34.2 Å². The van der Waals surface area contributed by atoms with Crippen molar-refractivity contribution in [2.75, 3.05) is 39.8 Å². The Balaban J connectivity index is 1.47. The predicted octanol–water partition coefficient (Wildman–Crippen LogP) is 1.27. The lowest BCUT2D eigenvalue weighted by atomic mass is 9.92. The number of ether oxygens (including phenoxy) is 1. The van der Waals surface area contributed by atoms with Crippen molar-refractivity contribution >= 4 is 46.0 Å². The predicted molar refractivity (Wildman–Crippen MR) is 110 cm³/mol. The zero-order valence-corrected chi connectivity index (χ0v) is 18.0. The maximum Gasteiger partial charge on any atom is 0.245 e. The van der Waals surface area contributed by atoms with Gasteiger partial charge in [-0.2, -0.15) is 0 Å². The van der Waals surface area contributed by atoms with Crippen LogP contribution in [0.2, 0.25) is 0 Å². The Morgan fingerprint density at radius 1 is 1.23 bits per heavy atom. The number of amides is 2. The molecule has 6 nitrogen and oxygen atoms in total. The van der Waals surface area contributed by atoms with Gasteiger partial charge in [0.05, 0.1) is 12.6 Å². The number of nitrogens with one attached hydrogen (secondary N) is 1. The second kappa shape index (κ2) is 8.75. The first-order valence-corrected chi connectivity index (χ1v) is 10.8. The number of hydrogen-bond donors (Lipinski definition) is 1. The second-order valence-corrected chi connectivity index (χ2v) is 9.69. The minimum Gasteiger partial charge on any atom is -0.380 e. The van der Waals surface area contributed by atoms with Gasteiger partial charge in [0, 0.05) is 60.5 Å². The molecule has 26 heavy (non-hydrogen) atoms. The molecule has 0 radical (unpaired) electrons. The molecule has 2 heterocycles. The summed E-state index contributed by atoms with van der Waals surface area (Å²) in [6.45, 7) is 6.82. The number of methoxy groups -OCH3 is 1. The molecule has 2 saturated heterocycles. The summed E-state index contributed by atoms with van der Waals surface area (Å²) < 4.78 is 5.95. The number of nitrogens with zero attached hydrogens (tertiary/aromatic N) is 2. The molecule has 3 aliphatic rings. The lowest BCUT2D eigenvalue weighted by molar-refractivity contribution is -0.130. The van der Waals surface area contributed by atoms with Crippen molar-refractivity contribution < 1.29 is 14.3 Å². The maximum atomic E-state index is 12.6. The molecule has 8 heteroatoms. The highest BCUT2D eigenvalue weighted by Gasteiger charge is 2.42. The van der Waals surface area contributed by atoms with E-state index < -0.39 is 0 Å². The molecule has 146 valence electrons. The average Bonchev–Trinajstić information content (AvgIpc) is 3.20. The highest BCUT2D eigenvalue weighted by molar-refractivity contribution is 14.1. The smallest absolute Gasteiger partial charge is 0.245 e. The summed E-state index contributed by atoms with van der Waals surface area (Å²) in [6, 6.07) is 0.156. The standard InChI is InChI=1S/C18H27ClIN3O3/c1-3-17(24)22-7-11-9-23(10-12(11)8-22)18(25)6-21-15-5-14(20)13(19)4-16(15)26-2/h3,11-16,21H,1,4-10H2,2H3. The van der Waals surface area contributed by atoms with Gasteiger partial charge in [-0.15, -0.1) is 11.6 Å². The van der Waals surface area contributed by atoms with E-state index in [0.29, 0.717) is 22.3 Å². The van der Waals surface area contributed by atoms with Crippen molar-refractivity contribution in [2.45, 2.75) is 34.3 Å². The zero-order valence-electron chi connectivity index (χ0n) is 15.1. The number of alkyl halides is 2. The summed E-state index contributed by atoms with van der Waals surface area (Å²) in [5, 5.41) is 3.51. The Hall–Kier alpha value is -0.380. The minimum absolute atomic E-state index is 0.00667. The van der Waals surface area contributed by atoms with E-state index >= 15 is 0 Å². The van der Waals surface area contributed by atoms with Gasteiger partial charge in [0.15, 0.2) is 0 Å².